The van der Waals surface area contributed by atoms with Crippen LogP contribution in [0.2, 0.25) is 0 Å². The largest absolute Gasteiger partial charge is 0.397 e. The van der Waals surface area contributed by atoms with Gasteiger partial charge in [-0.15, -0.1) is 0 Å². The molecule has 30 nitrogen and oxygen atoms in total. The van der Waals surface area contributed by atoms with Crippen molar-refractivity contribution in [1.29, 1.82) is 0 Å². The summed E-state index contributed by atoms with van der Waals surface area (Å²) in [6.45, 7) is 14.1. The molecule has 0 saturated heterocycles. The number of nitrogens with zero attached hydrogens (tertiary/aromatic N) is 22. The molecule has 604 valence electrons. The van der Waals surface area contributed by atoms with Crippen LogP contribution in [0.5, 0.6) is 0 Å². The topological polar surface area (TPSA) is 378 Å². The highest BCUT2D eigenvalue weighted by Crippen LogP contribution is 2.31. The molecule has 2 atom stereocenters. The predicted octanol–water partition coefficient (Wildman–Crippen LogP) is 13.3. The monoisotopic (exact) mass is 1620 g/mol. The van der Waals surface area contributed by atoms with Gasteiger partial charge in [-0.05, 0) is 155 Å². The highest BCUT2D eigenvalue weighted by molar-refractivity contribution is 5.88. The fourth-order valence-electron chi connectivity index (χ4n) is 15.2. The van der Waals surface area contributed by atoms with Crippen molar-refractivity contribution in [3.63, 3.8) is 0 Å². The lowest BCUT2D eigenvalue weighted by Gasteiger charge is -2.20. The summed E-state index contributed by atoms with van der Waals surface area (Å²) in [6.07, 6.45) is 12.7. The Morgan fingerprint density at radius 3 is 1.45 bits per heavy atom. The van der Waals surface area contributed by atoms with Crippen LogP contribution in [-0.4, -0.2) is 106 Å². The van der Waals surface area contributed by atoms with Crippen LogP contribution in [0, 0.1) is 46.3 Å². The Morgan fingerprint density at radius 2 is 0.852 bits per heavy atom. The Labute approximate surface area is 691 Å². The van der Waals surface area contributed by atoms with Gasteiger partial charge in [0.2, 0.25) is 0 Å². The molecule has 32 heteroatoms. The summed E-state index contributed by atoms with van der Waals surface area (Å²) in [5.41, 5.74) is 32.1. The number of aryl methyl sites for hydroxylation is 6. The molecule has 0 bridgehead atoms. The van der Waals surface area contributed by atoms with E-state index in [0.29, 0.717) is 136 Å². The number of para-hydroxylation sites is 5. The van der Waals surface area contributed by atoms with Gasteiger partial charge in [0.05, 0.1) is 123 Å². The molecular weight excluding hydrogens is 1550 g/mol. The van der Waals surface area contributed by atoms with Gasteiger partial charge in [0, 0.05) is 19.4 Å². The zero-order valence-electron chi connectivity index (χ0n) is 67.0. The normalized spacial score (nSPS) is 11.9. The van der Waals surface area contributed by atoms with Gasteiger partial charge in [-0.3, -0.25) is 37.4 Å². The number of rotatable bonds is 13. The van der Waals surface area contributed by atoms with Gasteiger partial charge >= 0.3 is 0 Å². The summed E-state index contributed by atoms with van der Waals surface area (Å²) in [4.78, 5) is 117. The molecule has 20 aromatic rings. The number of benzene rings is 8. The Balaban J connectivity index is 0.000000116. The van der Waals surface area contributed by atoms with Crippen molar-refractivity contribution in [2.75, 3.05) is 22.5 Å². The number of aromatic nitrogens is 22. The fourth-order valence-corrected chi connectivity index (χ4v) is 15.2. The number of hydrogen-bond donors (Lipinski definition) is 4. The Morgan fingerprint density at radius 1 is 0.393 bits per heavy atom. The maximum Gasteiger partial charge on any atom is 0.266 e. The first-order valence-corrected chi connectivity index (χ1v) is 38.7. The van der Waals surface area contributed by atoms with E-state index in [1.807, 2.05) is 189 Å². The van der Waals surface area contributed by atoms with E-state index in [0.717, 1.165) is 61.6 Å². The third-order valence-corrected chi connectivity index (χ3v) is 21.3. The van der Waals surface area contributed by atoms with Crippen LogP contribution in [0.15, 0.2) is 258 Å². The summed E-state index contributed by atoms with van der Waals surface area (Å²) in [7, 11) is 1.80. The maximum atomic E-state index is 14.7. The van der Waals surface area contributed by atoms with E-state index in [4.69, 9.17) is 32.2 Å². The number of fused-ring (bicyclic) bond motifs is 8. The van der Waals surface area contributed by atoms with Crippen LogP contribution in [0.3, 0.4) is 0 Å². The van der Waals surface area contributed by atoms with E-state index in [1.54, 1.807) is 106 Å². The lowest BCUT2D eigenvalue weighted by atomic mass is 10.1. The lowest BCUT2D eigenvalue weighted by Crippen LogP contribution is -2.29. The lowest BCUT2D eigenvalue weighted by molar-refractivity contribution is 0.558. The van der Waals surface area contributed by atoms with Crippen molar-refractivity contribution in [3.8, 4) is 22.7 Å². The van der Waals surface area contributed by atoms with Gasteiger partial charge in [0.25, 0.3) is 22.2 Å². The first-order chi connectivity index (χ1) is 59.1. The van der Waals surface area contributed by atoms with E-state index in [-0.39, 0.29) is 33.9 Å². The van der Waals surface area contributed by atoms with Crippen molar-refractivity contribution in [2.24, 2.45) is 7.05 Å². The molecule has 0 amide bonds. The number of imidazole rings is 4. The minimum absolute atomic E-state index is 0.0840. The van der Waals surface area contributed by atoms with Gasteiger partial charge in [-0.1, -0.05) is 109 Å². The Hall–Kier alpha value is -16.3. The number of halogens is 2. The van der Waals surface area contributed by atoms with Crippen LogP contribution >= 0.6 is 0 Å². The molecular formula is C90H76F2N26O4. The van der Waals surface area contributed by atoms with Crippen molar-refractivity contribution in [3.05, 3.63) is 343 Å². The summed E-state index contributed by atoms with van der Waals surface area (Å²) in [5.74, 6) is 0.912. The van der Waals surface area contributed by atoms with Crippen LogP contribution in [0.25, 0.3) is 111 Å². The highest BCUT2D eigenvalue weighted by atomic mass is 19.1. The molecule has 7 N–H and O–H groups in total. The molecule has 1 unspecified atom stereocenters. The minimum Gasteiger partial charge on any atom is -0.397 e. The van der Waals surface area contributed by atoms with Gasteiger partial charge in [-0.25, -0.2) is 78.6 Å². The van der Waals surface area contributed by atoms with Crippen LogP contribution < -0.4 is 44.8 Å². The van der Waals surface area contributed by atoms with E-state index in [9.17, 15) is 28.0 Å². The number of pyridine rings is 2. The van der Waals surface area contributed by atoms with Crippen molar-refractivity contribution >= 4 is 111 Å². The van der Waals surface area contributed by atoms with E-state index in [2.05, 4.69) is 60.1 Å². The smallest absolute Gasteiger partial charge is 0.266 e. The highest BCUT2D eigenvalue weighted by Gasteiger charge is 2.27. The molecule has 122 heavy (non-hydrogen) atoms. The van der Waals surface area contributed by atoms with Gasteiger partial charge in [-0.2, -0.15) is 0 Å². The molecule has 12 aromatic heterocycles. The predicted molar refractivity (Wildman–Crippen MR) is 467 cm³/mol. The molecule has 0 spiro atoms. The summed E-state index contributed by atoms with van der Waals surface area (Å²) in [5, 5.41) is 5.28. The molecule has 0 aliphatic heterocycles. The molecule has 8 aromatic carbocycles. The van der Waals surface area contributed by atoms with Crippen molar-refractivity contribution in [1.82, 2.24) is 106 Å². The number of anilines is 4. The second-order valence-corrected chi connectivity index (χ2v) is 29.2. The van der Waals surface area contributed by atoms with Gasteiger partial charge < -0.3 is 40.8 Å². The molecule has 0 radical (unpaired) electrons. The molecule has 20 rings (SSSR count). The van der Waals surface area contributed by atoms with Crippen LogP contribution in [-0.2, 0) is 20.1 Å². The first kappa shape index (κ1) is 78.3. The molecule has 0 saturated carbocycles. The van der Waals surface area contributed by atoms with Crippen LogP contribution in [0.1, 0.15) is 77.0 Å². The van der Waals surface area contributed by atoms with E-state index >= 15 is 0 Å². The second kappa shape index (κ2) is 32.3. The minimum atomic E-state index is -0.869. The third kappa shape index (κ3) is 14.3. The molecule has 0 fully saturated rings. The van der Waals surface area contributed by atoms with Crippen LogP contribution in [0.4, 0.5) is 31.8 Å². The number of nitrogens with two attached hydrogens (primary N) is 3. The quantitative estimate of drug-likeness (QED) is 0.0833. The molecule has 12 heterocycles. The van der Waals surface area contributed by atoms with E-state index in [1.165, 1.54) is 18.7 Å². The fraction of sp³-hybridized carbons (Fsp3) is 0.133. The second-order valence-electron chi connectivity index (χ2n) is 29.2. The Kier molecular flexibility index (Phi) is 20.7. The first-order valence-electron chi connectivity index (χ1n) is 38.7. The van der Waals surface area contributed by atoms with Gasteiger partial charge in [0.15, 0.2) is 34.2 Å². The van der Waals surface area contributed by atoms with Crippen molar-refractivity contribution in [2.45, 2.75) is 73.6 Å². The average molecular weight is 1620 g/mol. The molecule has 0 aliphatic rings. The number of hydrogen-bond acceptors (Lipinski definition) is 22. The maximum absolute atomic E-state index is 14.7. The summed E-state index contributed by atoms with van der Waals surface area (Å²) in [6, 6.07) is 54.9. The number of nitrogen functional groups attached to an aromatic ring is 3. The number of nitrogens with one attached hydrogen (secondary N) is 1. The molecule has 0 aliphatic carbocycles. The van der Waals surface area contributed by atoms with E-state index < -0.39 is 28.9 Å². The van der Waals surface area contributed by atoms with Crippen molar-refractivity contribution < 1.29 is 8.78 Å². The summed E-state index contributed by atoms with van der Waals surface area (Å²) < 4.78 is 42.8. The zero-order chi connectivity index (χ0) is 84.9. The average Bonchev–Trinajstić information content (AvgIpc) is 0.956. The third-order valence-electron chi connectivity index (χ3n) is 21.3. The zero-order valence-corrected chi connectivity index (χ0v) is 67.0. The van der Waals surface area contributed by atoms with Gasteiger partial charge in [0.1, 0.15) is 75.3 Å². The standard InChI is InChI=1S/2C23H20N6O.C22H17F2N7O.C22H19N7O/c1-14-6-3-4-9-18(14)29-19(27-17-8-5-7-15(2)20(17)23(29)30)12-28-13-26-21-16(24)10-11-25-22(21)28;1-14-7-6-10-18-19(14)23(30)29(16-8-4-3-5-9-16)21(27-18)15(2)28-13-26-20-17(24)11-12-25-22(20)28;1-12(28-19-17-21(26-10-25-19)30(2)11-27-17)20-29-16-9-4-3-6-13(16)22(32)31(20)18-14(23)7-5-8-15(18)24;1-13-6-3-4-9-16(13)29-17(27-15-8-5-7-14(2)18(15)22(29)30)10-28-12-26-19-20(23)24-11-25-21(19)28/h3-11,13H,12H2,1-2H3,(H2,24,25);3-13,15H,1-2H3,(H2,24,25);3-12H,1-2H3,(H,25,26,28);3-9,11-12H,10H2,1-2H3,(H2,23,24,25)/t;;12-;/m..0./s1. The summed E-state index contributed by atoms with van der Waals surface area (Å²) >= 11 is 0. The Bertz CT molecular complexity index is 7490. The SMILES string of the molecule is C[C@H](Nc1ncnc2c1ncn2C)c1nc2ccccc2c(=O)n1-c1c(F)cccc1F.Cc1cccc2nc(C(C)n3cnc4c(N)ccnc43)n(-c3ccccc3)c(=O)c12.Cc1ccccc1-n1c(Cn2cnc3c(N)ccnc32)nc2cccc(C)c2c1=O.Cc1ccccc1-n1c(Cn2cnc3c(N)ncnc32)nc2cccc(C)c2c1=O.